The Hall–Kier alpha value is -2.79. The first-order valence-electron chi connectivity index (χ1n) is 9.08. The van der Waals surface area contributed by atoms with Crippen LogP contribution in [-0.2, 0) is 19.4 Å². The molecule has 0 atom stereocenters. The number of hydrogen-bond donors (Lipinski definition) is 1. The van der Waals surface area contributed by atoms with E-state index in [4.69, 9.17) is 9.97 Å². The molecule has 26 heavy (non-hydrogen) atoms. The molecule has 0 unspecified atom stereocenters. The summed E-state index contributed by atoms with van der Waals surface area (Å²) in [6.07, 6.45) is 3.71. The second-order valence-electron chi connectivity index (χ2n) is 6.58. The normalized spacial score (nSPS) is 13.3. The lowest BCUT2D eigenvalue weighted by Gasteiger charge is -2.26. The average molecular weight is 345 g/mol. The molecule has 1 aliphatic rings. The van der Waals surface area contributed by atoms with Crippen molar-refractivity contribution >= 4 is 5.82 Å². The van der Waals surface area contributed by atoms with Gasteiger partial charge in [-0.3, -0.25) is 4.98 Å². The van der Waals surface area contributed by atoms with Crippen molar-refractivity contribution in [3.63, 3.8) is 0 Å². The number of pyridine rings is 1. The predicted molar refractivity (Wildman–Crippen MR) is 104 cm³/mol. The van der Waals surface area contributed by atoms with Gasteiger partial charge < -0.3 is 10.2 Å². The number of nitrogens with zero attached hydrogens (tertiary/aromatic N) is 4. The van der Waals surface area contributed by atoms with Crippen LogP contribution in [0.4, 0.5) is 5.82 Å². The van der Waals surface area contributed by atoms with E-state index in [-0.39, 0.29) is 0 Å². The van der Waals surface area contributed by atoms with Crippen molar-refractivity contribution in [1.82, 2.24) is 20.3 Å². The summed E-state index contributed by atoms with van der Waals surface area (Å²) >= 11 is 0. The number of fused-ring (bicyclic) bond motifs is 1. The zero-order chi connectivity index (χ0) is 17.8. The van der Waals surface area contributed by atoms with Crippen LogP contribution in [0, 0.1) is 0 Å². The molecule has 0 spiro atoms. The number of nitrogens with one attached hydrogen (secondary N) is 1. The molecule has 0 saturated carbocycles. The summed E-state index contributed by atoms with van der Waals surface area (Å²) < 4.78 is 0. The van der Waals surface area contributed by atoms with E-state index in [1.165, 1.54) is 5.56 Å². The Labute approximate surface area is 154 Å². The van der Waals surface area contributed by atoms with E-state index in [2.05, 4.69) is 40.4 Å². The highest BCUT2D eigenvalue weighted by atomic mass is 15.2. The van der Waals surface area contributed by atoms with Crippen LogP contribution in [0.5, 0.6) is 0 Å². The Morgan fingerprint density at radius 3 is 2.69 bits per heavy atom. The molecular weight excluding hydrogens is 322 g/mol. The van der Waals surface area contributed by atoms with Crippen LogP contribution in [0.2, 0.25) is 0 Å². The third-order valence-electron chi connectivity index (χ3n) is 4.74. The molecule has 4 rings (SSSR count). The van der Waals surface area contributed by atoms with Gasteiger partial charge in [0, 0.05) is 49.6 Å². The Morgan fingerprint density at radius 1 is 1.04 bits per heavy atom. The fourth-order valence-corrected chi connectivity index (χ4v) is 3.31. The standard InChI is InChI=1S/C21H23N5/c1-26(14-11-17-9-5-6-12-23-17)21-18-10-13-22-15-19(18)24-20(25-21)16-7-3-2-4-8-16/h2-9,12,22H,10-11,13-15H2,1H3. The van der Waals surface area contributed by atoms with E-state index in [0.717, 1.165) is 61.1 Å². The van der Waals surface area contributed by atoms with E-state index in [9.17, 15) is 0 Å². The van der Waals surface area contributed by atoms with Crippen molar-refractivity contribution in [3.8, 4) is 11.4 Å². The van der Waals surface area contributed by atoms with Crippen LogP contribution in [0.1, 0.15) is 17.0 Å². The van der Waals surface area contributed by atoms with Crippen molar-refractivity contribution in [1.29, 1.82) is 0 Å². The van der Waals surface area contributed by atoms with Gasteiger partial charge in [-0.05, 0) is 25.1 Å². The fraction of sp³-hybridized carbons (Fsp3) is 0.286. The third-order valence-corrected chi connectivity index (χ3v) is 4.74. The zero-order valence-electron chi connectivity index (χ0n) is 15.0. The minimum Gasteiger partial charge on any atom is -0.359 e. The van der Waals surface area contributed by atoms with Crippen LogP contribution < -0.4 is 10.2 Å². The van der Waals surface area contributed by atoms with Crippen LogP contribution in [0.3, 0.4) is 0 Å². The molecular formula is C21H23N5. The second kappa shape index (κ2) is 7.62. The summed E-state index contributed by atoms with van der Waals surface area (Å²) in [5, 5.41) is 3.42. The summed E-state index contributed by atoms with van der Waals surface area (Å²) in [7, 11) is 2.11. The summed E-state index contributed by atoms with van der Waals surface area (Å²) in [5.41, 5.74) is 4.55. The number of hydrogen-bond acceptors (Lipinski definition) is 5. The number of rotatable bonds is 5. The largest absolute Gasteiger partial charge is 0.359 e. The molecule has 0 aliphatic carbocycles. The highest BCUT2D eigenvalue weighted by molar-refractivity contribution is 5.61. The van der Waals surface area contributed by atoms with Gasteiger partial charge in [0.2, 0.25) is 0 Å². The van der Waals surface area contributed by atoms with Crippen molar-refractivity contribution in [3.05, 3.63) is 71.7 Å². The minimum absolute atomic E-state index is 0.799. The topological polar surface area (TPSA) is 53.9 Å². The molecule has 3 heterocycles. The molecule has 3 aromatic rings. The minimum atomic E-state index is 0.799. The predicted octanol–water partition coefficient (Wildman–Crippen LogP) is 2.86. The quantitative estimate of drug-likeness (QED) is 0.771. The SMILES string of the molecule is CN(CCc1ccccn1)c1nc(-c2ccccc2)nc2c1CCNC2. The Kier molecular flexibility index (Phi) is 4.88. The van der Waals surface area contributed by atoms with E-state index < -0.39 is 0 Å². The molecule has 5 heteroatoms. The lowest BCUT2D eigenvalue weighted by Crippen LogP contribution is -2.30. The van der Waals surface area contributed by atoms with Crippen LogP contribution in [0.25, 0.3) is 11.4 Å². The molecule has 1 N–H and O–H groups in total. The first kappa shape index (κ1) is 16.7. The molecule has 5 nitrogen and oxygen atoms in total. The van der Waals surface area contributed by atoms with Gasteiger partial charge in [0.05, 0.1) is 5.69 Å². The molecule has 1 aliphatic heterocycles. The molecule has 2 aromatic heterocycles. The van der Waals surface area contributed by atoms with E-state index in [0.29, 0.717) is 0 Å². The maximum Gasteiger partial charge on any atom is 0.161 e. The van der Waals surface area contributed by atoms with Gasteiger partial charge in [-0.2, -0.15) is 0 Å². The first-order chi connectivity index (χ1) is 12.8. The number of likely N-dealkylation sites (N-methyl/N-ethyl adjacent to an activating group) is 1. The van der Waals surface area contributed by atoms with Crippen molar-refractivity contribution in [2.24, 2.45) is 0 Å². The lowest BCUT2D eigenvalue weighted by molar-refractivity contribution is 0.621. The molecule has 0 saturated heterocycles. The van der Waals surface area contributed by atoms with Gasteiger partial charge in [0.1, 0.15) is 5.82 Å². The number of benzene rings is 1. The van der Waals surface area contributed by atoms with Gasteiger partial charge in [0.25, 0.3) is 0 Å². The first-order valence-corrected chi connectivity index (χ1v) is 9.08. The van der Waals surface area contributed by atoms with Gasteiger partial charge in [-0.1, -0.05) is 36.4 Å². The number of anilines is 1. The van der Waals surface area contributed by atoms with E-state index >= 15 is 0 Å². The summed E-state index contributed by atoms with van der Waals surface area (Å²) in [6, 6.07) is 16.3. The van der Waals surface area contributed by atoms with Gasteiger partial charge in [0.15, 0.2) is 5.82 Å². The van der Waals surface area contributed by atoms with Gasteiger partial charge in [-0.25, -0.2) is 9.97 Å². The maximum absolute atomic E-state index is 4.94. The monoisotopic (exact) mass is 345 g/mol. The number of aromatic nitrogens is 3. The second-order valence-corrected chi connectivity index (χ2v) is 6.58. The third kappa shape index (κ3) is 3.58. The smallest absolute Gasteiger partial charge is 0.161 e. The van der Waals surface area contributed by atoms with Crippen molar-refractivity contribution < 1.29 is 0 Å². The van der Waals surface area contributed by atoms with Crippen molar-refractivity contribution in [2.45, 2.75) is 19.4 Å². The van der Waals surface area contributed by atoms with Crippen LogP contribution >= 0.6 is 0 Å². The Morgan fingerprint density at radius 2 is 1.88 bits per heavy atom. The molecule has 0 amide bonds. The summed E-state index contributed by atoms with van der Waals surface area (Å²) in [6.45, 7) is 2.66. The Bertz CT molecular complexity index is 864. The molecule has 0 radical (unpaired) electrons. The van der Waals surface area contributed by atoms with E-state index in [1.807, 2.05) is 36.5 Å². The summed E-state index contributed by atoms with van der Waals surface area (Å²) in [4.78, 5) is 16.4. The highest BCUT2D eigenvalue weighted by Gasteiger charge is 2.20. The lowest BCUT2D eigenvalue weighted by atomic mass is 10.1. The average Bonchev–Trinajstić information content (AvgIpc) is 2.72. The van der Waals surface area contributed by atoms with Crippen molar-refractivity contribution in [2.75, 3.05) is 25.0 Å². The Balaban J connectivity index is 1.65. The highest BCUT2D eigenvalue weighted by Crippen LogP contribution is 2.27. The molecule has 0 bridgehead atoms. The fourth-order valence-electron chi connectivity index (χ4n) is 3.31. The van der Waals surface area contributed by atoms with Gasteiger partial charge >= 0.3 is 0 Å². The zero-order valence-corrected chi connectivity index (χ0v) is 15.0. The van der Waals surface area contributed by atoms with Gasteiger partial charge in [-0.15, -0.1) is 0 Å². The molecule has 1 aromatic carbocycles. The molecule has 132 valence electrons. The van der Waals surface area contributed by atoms with Crippen LogP contribution in [-0.4, -0.2) is 35.1 Å². The maximum atomic E-state index is 4.94. The van der Waals surface area contributed by atoms with Crippen LogP contribution in [0.15, 0.2) is 54.7 Å². The molecule has 0 fully saturated rings. The summed E-state index contributed by atoms with van der Waals surface area (Å²) in [5.74, 6) is 1.85. The van der Waals surface area contributed by atoms with E-state index in [1.54, 1.807) is 0 Å².